The molecule has 1 aromatic rings. The van der Waals surface area contributed by atoms with E-state index in [1.807, 2.05) is 0 Å². The maximum atomic E-state index is 5.67. The fraction of sp³-hybridized carbons (Fsp3) is 0.636. The number of rotatable bonds is 2. The van der Waals surface area contributed by atoms with Crippen molar-refractivity contribution in [3.05, 3.63) is 6.07 Å². The van der Waals surface area contributed by atoms with Crippen LogP contribution in [0.2, 0.25) is 0 Å². The molecule has 0 radical (unpaired) electrons. The maximum absolute atomic E-state index is 5.67. The average molecular weight is 221 g/mol. The first-order chi connectivity index (χ1) is 7.66. The van der Waals surface area contributed by atoms with Gasteiger partial charge in [0.2, 0.25) is 5.95 Å². The third-order valence-electron chi connectivity index (χ3n) is 3.23. The molecule has 0 aliphatic heterocycles. The fourth-order valence-electron chi connectivity index (χ4n) is 2.31. The Hall–Kier alpha value is -1.52. The molecule has 2 rings (SSSR count). The quantitative estimate of drug-likeness (QED) is 0.789. The van der Waals surface area contributed by atoms with Crippen LogP contribution in [-0.2, 0) is 0 Å². The SMILES string of the molecule is CN(c1cc(N)nc(N)n1)C1CCCCC1. The van der Waals surface area contributed by atoms with Crippen LogP contribution in [-0.4, -0.2) is 23.1 Å². The average Bonchev–Trinajstić information content (AvgIpc) is 2.28. The Morgan fingerprint density at radius 3 is 2.50 bits per heavy atom. The van der Waals surface area contributed by atoms with Gasteiger partial charge in [-0.2, -0.15) is 9.97 Å². The molecular weight excluding hydrogens is 202 g/mol. The topological polar surface area (TPSA) is 81.1 Å². The number of nitrogen functional groups attached to an aromatic ring is 2. The van der Waals surface area contributed by atoms with E-state index in [2.05, 4.69) is 21.9 Å². The summed E-state index contributed by atoms with van der Waals surface area (Å²) in [6.45, 7) is 0. The number of hydrogen-bond acceptors (Lipinski definition) is 5. The third-order valence-corrected chi connectivity index (χ3v) is 3.23. The normalized spacial score (nSPS) is 17.3. The molecule has 0 bridgehead atoms. The van der Waals surface area contributed by atoms with Crippen LogP contribution in [0.1, 0.15) is 32.1 Å². The Morgan fingerprint density at radius 1 is 1.19 bits per heavy atom. The van der Waals surface area contributed by atoms with Crippen molar-refractivity contribution < 1.29 is 0 Å². The molecule has 88 valence electrons. The van der Waals surface area contributed by atoms with Crippen LogP contribution >= 0.6 is 0 Å². The lowest BCUT2D eigenvalue weighted by Crippen LogP contribution is -2.34. The second-order valence-electron chi connectivity index (χ2n) is 4.41. The minimum absolute atomic E-state index is 0.248. The predicted molar refractivity (Wildman–Crippen MR) is 66.1 cm³/mol. The van der Waals surface area contributed by atoms with E-state index in [-0.39, 0.29) is 5.95 Å². The molecule has 0 saturated heterocycles. The molecule has 1 aliphatic carbocycles. The molecule has 1 aromatic heterocycles. The molecule has 1 fully saturated rings. The summed E-state index contributed by atoms with van der Waals surface area (Å²) in [5, 5.41) is 0. The van der Waals surface area contributed by atoms with Crippen molar-refractivity contribution in [2.45, 2.75) is 38.1 Å². The van der Waals surface area contributed by atoms with Gasteiger partial charge in [-0.1, -0.05) is 19.3 Å². The Labute approximate surface area is 95.9 Å². The molecule has 0 atom stereocenters. The van der Waals surface area contributed by atoms with Gasteiger partial charge in [-0.15, -0.1) is 0 Å². The number of anilines is 3. The number of hydrogen-bond donors (Lipinski definition) is 2. The van der Waals surface area contributed by atoms with Gasteiger partial charge in [-0.3, -0.25) is 0 Å². The summed E-state index contributed by atoms with van der Waals surface area (Å²) in [7, 11) is 2.05. The van der Waals surface area contributed by atoms with Crippen molar-refractivity contribution in [1.82, 2.24) is 9.97 Å². The zero-order chi connectivity index (χ0) is 11.5. The molecule has 5 heteroatoms. The molecule has 16 heavy (non-hydrogen) atoms. The second-order valence-corrected chi connectivity index (χ2v) is 4.41. The summed E-state index contributed by atoms with van der Waals surface area (Å²) in [6.07, 6.45) is 6.38. The van der Waals surface area contributed by atoms with Crippen molar-refractivity contribution >= 4 is 17.6 Å². The Bertz CT molecular complexity index is 339. The summed E-state index contributed by atoms with van der Waals surface area (Å²) in [6, 6.07) is 2.34. The largest absolute Gasteiger partial charge is 0.383 e. The first-order valence-corrected chi connectivity index (χ1v) is 5.79. The van der Waals surface area contributed by atoms with Gasteiger partial charge in [0.15, 0.2) is 0 Å². The van der Waals surface area contributed by atoms with Crippen LogP contribution in [0.5, 0.6) is 0 Å². The summed E-state index contributed by atoms with van der Waals surface area (Å²) in [5.41, 5.74) is 11.3. The highest BCUT2D eigenvalue weighted by molar-refractivity contribution is 5.50. The zero-order valence-electron chi connectivity index (χ0n) is 9.69. The van der Waals surface area contributed by atoms with Crippen molar-refractivity contribution in [3.8, 4) is 0 Å². The van der Waals surface area contributed by atoms with E-state index in [4.69, 9.17) is 11.5 Å². The van der Waals surface area contributed by atoms with Crippen LogP contribution in [0.3, 0.4) is 0 Å². The lowest BCUT2D eigenvalue weighted by atomic mass is 9.94. The van der Waals surface area contributed by atoms with Crippen molar-refractivity contribution in [1.29, 1.82) is 0 Å². The van der Waals surface area contributed by atoms with Crippen LogP contribution < -0.4 is 16.4 Å². The molecule has 1 saturated carbocycles. The van der Waals surface area contributed by atoms with Gasteiger partial charge in [0.05, 0.1) is 0 Å². The Kier molecular flexibility index (Phi) is 3.12. The van der Waals surface area contributed by atoms with Crippen LogP contribution in [0.25, 0.3) is 0 Å². The van der Waals surface area contributed by atoms with E-state index in [0.29, 0.717) is 11.9 Å². The van der Waals surface area contributed by atoms with E-state index < -0.39 is 0 Å². The first kappa shape index (κ1) is 11.0. The van der Waals surface area contributed by atoms with Gasteiger partial charge < -0.3 is 16.4 Å². The molecule has 0 spiro atoms. The van der Waals surface area contributed by atoms with E-state index in [0.717, 1.165) is 5.82 Å². The number of aromatic nitrogens is 2. The predicted octanol–water partition coefficient (Wildman–Crippen LogP) is 1.41. The smallest absolute Gasteiger partial charge is 0.223 e. The van der Waals surface area contributed by atoms with E-state index in [9.17, 15) is 0 Å². The molecule has 5 nitrogen and oxygen atoms in total. The van der Waals surface area contributed by atoms with Gasteiger partial charge in [-0.25, -0.2) is 0 Å². The number of nitrogens with zero attached hydrogens (tertiary/aromatic N) is 3. The summed E-state index contributed by atoms with van der Waals surface area (Å²) >= 11 is 0. The molecular formula is C11H19N5. The van der Waals surface area contributed by atoms with Gasteiger partial charge >= 0.3 is 0 Å². The van der Waals surface area contributed by atoms with Crippen LogP contribution in [0.4, 0.5) is 17.6 Å². The Morgan fingerprint density at radius 2 is 1.88 bits per heavy atom. The maximum Gasteiger partial charge on any atom is 0.223 e. The highest BCUT2D eigenvalue weighted by Gasteiger charge is 2.19. The van der Waals surface area contributed by atoms with E-state index in [1.54, 1.807) is 6.07 Å². The highest BCUT2D eigenvalue weighted by atomic mass is 15.2. The second kappa shape index (κ2) is 4.55. The minimum Gasteiger partial charge on any atom is -0.383 e. The van der Waals surface area contributed by atoms with Gasteiger partial charge in [-0.05, 0) is 12.8 Å². The fourth-order valence-corrected chi connectivity index (χ4v) is 2.31. The summed E-state index contributed by atoms with van der Waals surface area (Å²) in [5.74, 6) is 1.51. The van der Waals surface area contributed by atoms with Crippen LogP contribution in [0, 0.1) is 0 Å². The van der Waals surface area contributed by atoms with Gasteiger partial charge in [0.1, 0.15) is 11.6 Å². The monoisotopic (exact) mass is 221 g/mol. The summed E-state index contributed by atoms with van der Waals surface area (Å²) in [4.78, 5) is 10.3. The van der Waals surface area contributed by atoms with Gasteiger partial charge in [0, 0.05) is 19.2 Å². The molecule has 0 unspecified atom stereocenters. The lowest BCUT2D eigenvalue weighted by molar-refractivity contribution is 0.426. The first-order valence-electron chi connectivity index (χ1n) is 5.79. The molecule has 4 N–H and O–H groups in total. The molecule has 0 aromatic carbocycles. The molecule has 1 heterocycles. The zero-order valence-corrected chi connectivity index (χ0v) is 9.69. The summed E-state index contributed by atoms with van der Waals surface area (Å²) < 4.78 is 0. The molecule has 0 amide bonds. The van der Waals surface area contributed by atoms with Crippen molar-refractivity contribution in [2.24, 2.45) is 0 Å². The van der Waals surface area contributed by atoms with Gasteiger partial charge in [0.25, 0.3) is 0 Å². The van der Waals surface area contributed by atoms with E-state index in [1.165, 1.54) is 32.1 Å². The van der Waals surface area contributed by atoms with E-state index >= 15 is 0 Å². The Balaban J connectivity index is 2.15. The minimum atomic E-state index is 0.248. The van der Waals surface area contributed by atoms with Crippen molar-refractivity contribution in [2.75, 3.05) is 23.4 Å². The third kappa shape index (κ3) is 2.35. The van der Waals surface area contributed by atoms with Crippen molar-refractivity contribution in [3.63, 3.8) is 0 Å². The lowest BCUT2D eigenvalue weighted by Gasteiger charge is -2.32. The molecule has 1 aliphatic rings. The standard InChI is InChI=1S/C11H19N5/c1-16(8-5-3-2-4-6-8)10-7-9(12)14-11(13)15-10/h7-8H,2-6H2,1H3,(H4,12,13,14,15). The van der Waals surface area contributed by atoms with Crippen LogP contribution in [0.15, 0.2) is 6.07 Å². The highest BCUT2D eigenvalue weighted by Crippen LogP contribution is 2.25. The number of nitrogens with two attached hydrogens (primary N) is 2.